The highest BCUT2D eigenvalue weighted by atomic mass is 35.5. The van der Waals surface area contributed by atoms with Gasteiger partial charge >= 0.3 is 5.97 Å². The van der Waals surface area contributed by atoms with Crippen molar-refractivity contribution in [2.45, 2.75) is 26.2 Å². The third kappa shape index (κ3) is 5.52. The number of ether oxygens (including phenoxy) is 1. The van der Waals surface area contributed by atoms with E-state index >= 15 is 0 Å². The lowest BCUT2D eigenvalue weighted by Gasteiger charge is -2.06. The summed E-state index contributed by atoms with van der Waals surface area (Å²) >= 11 is 5.90. The van der Waals surface area contributed by atoms with Gasteiger partial charge in [0.1, 0.15) is 0 Å². The highest BCUT2D eigenvalue weighted by Gasteiger charge is 2.10. The molecular weight excluding hydrogens is 250 g/mol. The van der Waals surface area contributed by atoms with Crippen LogP contribution in [-0.4, -0.2) is 25.7 Å². The van der Waals surface area contributed by atoms with Crippen molar-refractivity contribution < 1.29 is 9.53 Å². The van der Waals surface area contributed by atoms with Crippen LogP contribution >= 0.6 is 11.6 Å². The Morgan fingerprint density at radius 3 is 2.72 bits per heavy atom. The number of hydrogen-bond donors (Lipinski definition) is 1. The number of carbonyl (C=O) groups excluding carboxylic acids is 1. The average molecular weight is 270 g/mol. The lowest BCUT2D eigenvalue weighted by molar-refractivity contribution is 0.0501. The first-order valence-electron chi connectivity index (χ1n) is 6.38. The first-order chi connectivity index (χ1) is 8.75. The third-order valence-corrected chi connectivity index (χ3v) is 2.86. The lowest BCUT2D eigenvalue weighted by atomic mass is 10.2. The summed E-state index contributed by atoms with van der Waals surface area (Å²) in [6.07, 6.45) is 3.19. The number of halogens is 1. The number of benzene rings is 1. The zero-order valence-electron chi connectivity index (χ0n) is 10.7. The number of esters is 1. The van der Waals surface area contributed by atoms with Crippen molar-refractivity contribution in [2.75, 3.05) is 19.7 Å². The molecule has 0 spiro atoms. The molecule has 0 aliphatic carbocycles. The van der Waals surface area contributed by atoms with Gasteiger partial charge in [-0.05, 0) is 38.1 Å². The van der Waals surface area contributed by atoms with E-state index in [1.54, 1.807) is 24.3 Å². The molecule has 0 aliphatic heterocycles. The van der Waals surface area contributed by atoms with Crippen LogP contribution in [0.15, 0.2) is 24.3 Å². The minimum absolute atomic E-state index is 0.353. The fourth-order valence-electron chi connectivity index (χ4n) is 1.49. The van der Waals surface area contributed by atoms with Crippen LogP contribution in [0.1, 0.15) is 36.5 Å². The standard InChI is InChI=1S/C14H20ClNO2/c1-2-3-9-16-10-6-11-18-14(17)12-7-4-5-8-13(12)15/h4-5,7-8,16H,2-3,6,9-11H2,1H3. The molecule has 1 N–H and O–H groups in total. The van der Waals surface area contributed by atoms with Crippen molar-refractivity contribution >= 4 is 17.6 Å². The van der Waals surface area contributed by atoms with Gasteiger partial charge in [0.05, 0.1) is 17.2 Å². The Morgan fingerprint density at radius 1 is 1.28 bits per heavy atom. The molecule has 0 atom stereocenters. The Labute approximate surface area is 113 Å². The Balaban J connectivity index is 2.16. The molecule has 0 unspecified atom stereocenters. The highest BCUT2D eigenvalue weighted by Crippen LogP contribution is 2.15. The van der Waals surface area contributed by atoms with Crippen molar-refractivity contribution in [2.24, 2.45) is 0 Å². The molecule has 0 heterocycles. The van der Waals surface area contributed by atoms with Gasteiger partial charge in [-0.3, -0.25) is 0 Å². The van der Waals surface area contributed by atoms with Gasteiger partial charge in [0.15, 0.2) is 0 Å². The van der Waals surface area contributed by atoms with E-state index in [-0.39, 0.29) is 5.97 Å². The molecule has 0 saturated carbocycles. The van der Waals surface area contributed by atoms with Gasteiger partial charge in [0.2, 0.25) is 0 Å². The van der Waals surface area contributed by atoms with Crippen LogP contribution in [0.5, 0.6) is 0 Å². The molecule has 3 nitrogen and oxygen atoms in total. The summed E-state index contributed by atoms with van der Waals surface area (Å²) < 4.78 is 5.15. The number of nitrogens with one attached hydrogen (secondary N) is 1. The van der Waals surface area contributed by atoms with Crippen LogP contribution in [-0.2, 0) is 4.74 Å². The van der Waals surface area contributed by atoms with Crippen molar-refractivity contribution in [1.82, 2.24) is 5.32 Å². The molecule has 1 aromatic rings. The first-order valence-corrected chi connectivity index (χ1v) is 6.76. The van der Waals surface area contributed by atoms with E-state index in [9.17, 15) is 4.79 Å². The number of unbranched alkanes of at least 4 members (excludes halogenated alkanes) is 1. The minimum atomic E-state index is -0.353. The molecule has 1 rings (SSSR count). The molecule has 0 amide bonds. The topological polar surface area (TPSA) is 38.3 Å². The smallest absolute Gasteiger partial charge is 0.339 e. The van der Waals surface area contributed by atoms with Crippen LogP contribution < -0.4 is 5.32 Å². The van der Waals surface area contributed by atoms with Crippen LogP contribution in [0, 0.1) is 0 Å². The molecular formula is C14H20ClNO2. The molecule has 0 bridgehead atoms. The Morgan fingerprint density at radius 2 is 2.00 bits per heavy atom. The van der Waals surface area contributed by atoms with Crippen molar-refractivity contribution in [1.29, 1.82) is 0 Å². The molecule has 4 heteroatoms. The molecule has 0 saturated heterocycles. The van der Waals surface area contributed by atoms with E-state index in [0.717, 1.165) is 19.5 Å². The van der Waals surface area contributed by atoms with E-state index in [0.29, 0.717) is 17.2 Å². The summed E-state index contributed by atoms with van der Waals surface area (Å²) in [6.45, 7) is 4.47. The molecule has 1 aromatic carbocycles. The highest BCUT2D eigenvalue weighted by molar-refractivity contribution is 6.33. The normalized spacial score (nSPS) is 10.3. The average Bonchev–Trinajstić information content (AvgIpc) is 2.38. The third-order valence-electron chi connectivity index (χ3n) is 2.53. The predicted molar refractivity (Wildman–Crippen MR) is 74.1 cm³/mol. The van der Waals surface area contributed by atoms with Crippen molar-refractivity contribution in [3.8, 4) is 0 Å². The fraction of sp³-hybridized carbons (Fsp3) is 0.500. The Kier molecular flexibility index (Phi) is 7.46. The van der Waals surface area contributed by atoms with Crippen molar-refractivity contribution in [3.05, 3.63) is 34.9 Å². The van der Waals surface area contributed by atoms with Gasteiger partial charge in [-0.1, -0.05) is 37.1 Å². The van der Waals surface area contributed by atoms with E-state index in [1.165, 1.54) is 12.8 Å². The number of rotatable bonds is 8. The summed E-state index contributed by atoms with van der Waals surface area (Å²) in [4.78, 5) is 11.7. The van der Waals surface area contributed by atoms with Crippen LogP contribution in [0.4, 0.5) is 0 Å². The van der Waals surface area contributed by atoms with Crippen LogP contribution in [0.2, 0.25) is 5.02 Å². The maximum Gasteiger partial charge on any atom is 0.339 e. The monoisotopic (exact) mass is 269 g/mol. The Bertz CT molecular complexity index is 369. The second kappa shape index (κ2) is 8.95. The van der Waals surface area contributed by atoms with E-state index in [4.69, 9.17) is 16.3 Å². The fourth-order valence-corrected chi connectivity index (χ4v) is 1.71. The molecule has 0 aliphatic rings. The molecule has 0 radical (unpaired) electrons. The SMILES string of the molecule is CCCCNCCCOC(=O)c1ccccc1Cl. The van der Waals surface area contributed by atoms with Gasteiger partial charge in [0, 0.05) is 0 Å². The largest absolute Gasteiger partial charge is 0.462 e. The summed E-state index contributed by atoms with van der Waals surface area (Å²) in [6, 6.07) is 6.92. The quantitative estimate of drug-likeness (QED) is 0.581. The summed E-state index contributed by atoms with van der Waals surface area (Å²) in [5.41, 5.74) is 0.429. The van der Waals surface area contributed by atoms with Crippen molar-refractivity contribution in [3.63, 3.8) is 0 Å². The zero-order valence-corrected chi connectivity index (χ0v) is 11.5. The number of carbonyl (C=O) groups is 1. The van der Waals surface area contributed by atoms with E-state index in [2.05, 4.69) is 12.2 Å². The van der Waals surface area contributed by atoms with Gasteiger partial charge in [-0.25, -0.2) is 4.79 Å². The maximum absolute atomic E-state index is 11.7. The second-order valence-electron chi connectivity index (χ2n) is 4.07. The Hall–Kier alpha value is -1.06. The summed E-state index contributed by atoms with van der Waals surface area (Å²) in [7, 11) is 0. The molecule has 0 fully saturated rings. The molecule has 0 aromatic heterocycles. The maximum atomic E-state index is 11.7. The van der Waals surface area contributed by atoms with Crippen LogP contribution in [0.3, 0.4) is 0 Å². The first kappa shape index (κ1) is 15.0. The predicted octanol–water partition coefficient (Wildman–Crippen LogP) is 3.28. The minimum Gasteiger partial charge on any atom is -0.462 e. The van der Waals surface area contributed by atoms with Gasteiger partial charge < -0.3 is 10.1 Å². The van der Waals surface area contributed by atoms with E-state index in [1.807, 2.05) is 0 Å². The summed E-state index contributed by atoms with van der Waals surface area (Å²) in [5, 5.41) is 3.73. The van der Waals surface area contributed by atoms with Crippen LogP contribution in [0.25, 0.3) is 0 Å². The van der Waals surface area contributed by atoms with Gasteiger partial charge in [0.25, 0.3) is 0 Å². The molecule has 100 valence electrons. The van der Waals surface area contributed by atoms with E-state index < -0.39 is 0 Å². The number of hydrogen-bond acceptors (Lipinski definition) is 3. The summed E-state index contributed by atoms with van der Waals surface area (Å²) in [5.74, 6) is -0.353. The van der Waals surface area contributed by atoms with Gasteiger partial charge in [-0.15, -0.1) is 0 Å². The zero-order chi connectivity index (χ0) is 13.2. The lowest BCUT2D eigenvalue weighted by Crippen LogP contribution is -2.18. The second-order valence-corrected chi connectivity index (χ2v) is 4.48. The molecule has 18 heavy (non-hydrogen) atoms. The van der Waals surface area contributed by atoms with Gasteiger partial charge in [-0.2, -0.15) is 0 Å².